The molecular weight excluding hydrogens is 236 g/mol. The molecule has 98 valence electrons. The summed E-state index contributed by atoms with van der Waals surface area (Å²) in [7, 11) is 2.48. The number of hydrogen-bond acceptors (Lipinski definition) is 5. The maximum absolute atomic E-state index is 12.0. The third-order valence-corrected chi connectivity index (χ3v) is 3.37. The first-order valence-electron chi connectivity index (χ1n) is 5.84. The Labute approximate surface area is 105 Å². The highest BCUT2D eigenvalue weighted by Gasteiger charge is 2.55. The highest BCUT2D eigenvalue weighted by atomic mass is 16.6. The number of rotatable bonds is 2. The number of esters is 2. The fourth-order valence-corrected chi connectivity index (χ4v) is 2.49. The summed E-state index contributed by atoms with van der Waals surface area (Å²) in [4.78, 5) is 24.1. The number of carbonyl (C=O) groups is 2. The van der Waals surface area contributed by atoms with Crippen molar-refractivity contribution in [1.82, 2.24) is 0 Å². The molecule has 0 bridgehead atoms. The van der Waals surface area contributed by atoms with Crippen LogP contribution in [0.1, 0.15) is 19.3 Å². The number of methoxy groups -OCH3 is 2. The van der Waals surface area contributed by atoms with Crippen LogP contribution >= 0.6 is 0 Å². The monoisotopic (exact) mass is 252 g/mol. The Kier molecular flexibility index (Phi) is 3.52. The van der Waals surface area contributed by atoms with E-state index in [2.05, 4.69) is 0 Å². The minimum Gasteiger partial charge on any atom is -0.466 e. The lowest BCUT2D eigenvalue weighted by molar-refractivity contribution is -0.184. The van der Waals surface area contributed by atoms with Gasteiger partial charge in [-0.15, -0.1) is 0 Å². The van der Waals surface area contributed by atoms with E-state index in [0.29, 0.717) is 18.6 Å². The zero-order chi connectivity index (χ0) is 13.2. The van der Waals surface area contributed by atoms with E-state index in [9.17, 15) is 9.59 Å². The van der Waals surface area contributed by atoms with Gasteiger partial charge >= 0.3 is 11.9 Å². The standard InChI is InChI=1S/C13H16O5/c1-16-11(14)13(12(15)17-2)10-6-4-3-5-9(10)7-8-18-13/h3-4H,5-8H2,1-2H3. The van der Waals surface area contributed by atoms with Crippen LogP contribution in [0, 0.1) is 0 Å². The van der Waals surface area contributed by atoms with Crippen molar-refractivity contribution < 1.29 is 23.8 Å². The molecule has 1 aliphatic carbocycles. The van der Waals surface area contributed by atoms with Gasteiger partial charge in [-0.1, -0.05) is 17.7 Å². The SMILES string of the molecule is COC(=O)C1(C(=O)OC)OCCC2=C1CC=CC2. The van der Waals surface area contributed by atoms with Gasteiger partial charge in [-0.05, 0) is 24.8 Å². The molecule has 1 heterocycles. The second kappa shape index (κ2) is 4.94. The highest BCUT2D eigenvalue weighted by molar-refractivity contribution is 6.07. The predicted octanol–water partition coefficient (Wildman–Crippen LogP) is 1.14. The van der Waals surface area contributed by atoms with Gasteiger partial charge < -0.3 is 14.2 Å². The Morgan fingerprint density at radius 1 is 1.17 bits per heavy atom. The second-order valence-corrected chi connectivity index (χ2v) is 4.22. The average Bonchev–Trinajstić information content (AvgIpc) is 2.44. The number of ether oxygens (including phenoxy) is 3. The van der Waals surface area contributed by atoms with Crippen LogP contribution in [0.4, 0.5) is 0 Å². The Hall–Kier alpha value is -1.62. The van der Waals surface area contributed by atoms with Crippen molar-refractivity contribution in [2.75, 3.05) is 20.8 Å². The van der Waals surface area contributed by atoms with Gasteiger partial charge in [-0.2, -0.15) is 0 Å². The lowest BCUT2D eigenvalue weighted by Gasteiger charge is -2.36. The first kappa shape index (κ1) is 12.8. The lowest BCUT2D eigenvalue weighted by atomic mass is 9.80. The Bertz CT molecular complexity index is 417. The molecule has 0 atom stereocenters. The van der Waals surface area contributed by atoms with Crippen molar-refractivity contribution in [3.8, 4) is 0 Å². The van der Waals surface area contributed by atoms with Crippen LogP contribution in [-0.4, -0.2) is 38.4 Å². The summed E-state index contributed by atoms with van der Waals surface area (Å²) in [5.74, 6) is -1.42. The molecule has 0 unspecified atom stereocenters. The molecule has 0 N–H and O–H groups in total. The van der Waals surface area contributed by atoms with Crippen molar-refractivity contribution in [2.45, 2.75) is 24.9 Å². The molecule has 5 heteroatoms. The molecule has 1 aliphatic heterocycles. The maximum Gasteiger partial charge on any atom is 0.354 e. The molecule has 0 amide bonds. The smallest absolute Gasteiger partial charge is 0.354 e. The number of allylic oxidation sites excluding steroid dienone is 2. The van der Waals surface area contributed by atoms with Gasteiger partial charge in [0.15, 0.2) is 0 Å². The van der Waals surface area contributed by atoms with Gasteiger partial charge in [-0.3, -0.25) is 0 Å². The molecule has 2 aliphatic rings. The molecule has 18 heavy (non-hydrogen) atoms. The summed E-state index contributed by atoms with van der Waals surface area (Å²) >= 11 is 0. The van der Waals surface area contributed by atoms with Gasteiger partial charge in [0, 0.05) is 0 Å². The predicted molar refractivity (Wildman–Crippen MR) is 62.7 cm³/mol. The summed E-state index contributed by atoms with van der Waals surface area (Å²) < 4.78 is 15.0. The molecule has 2 rings (SSSR count). The van der Waals surface area contributed by atoms with Crippen molar-refractivity contribution in [2.24, 2.45) is 0 Å². The first-order chi connectivity index (χ1) is 8.66. The van der Waals surface area contributed by atoms with Gasteiger partial charge in [0.2, 0.25) is 0 Å². The summed E-state index contributed by atoms with van der Waals surface area (Å²) in [6.45, 7) is 0.316. The van der Waals surface area contributed by atoms with Gasteiger partial charge in [0.1, 0.15) is 0 Å². The zero-order valence-corrected chi connectivity index (χ0v) is 10.5. The van der Waals surface area contributed by atoms with Crippen LogP contribution in [-0.2, 0) is 23.8 Å². The van der Waals surface area contributed by atoms with Crippen molar-refractivity contribution in [3.63, 3.8) is 0 Å². The molecule has 0 aromatic rings. The molecule has 0 fully saturated rings. The number of carbonyl (C=O) groups excluding carboxylic acids is 2. The van der Waals surface area contributed by atoms with Crippen LogP contribution < -0.4 is 0 Å². The largest absolute Gasteiger partial charge is 0.466 e. The lowest BCUT2D eigenvalue weighted by Crippen LogP contribution is -2.54. The molecule has 0 aromatic heterocycles. The van der Waals surface area contributed by atoms with Gasteiger partial charge in [0.25, 0.3) is 5.60 Å². The summed E-state index contributed by atoms with van der Waals surface area (Å²) in [6.07, 6.45) is 5.95. The third kappa shape index (κ3) is 1.75. The molecule has 0 radical (unpaired) electrons. The van der Waals surface area contributed by atoms with Crippen LogP contribution in [0.15, 0.2) is 23.3 Å². The van der Waals surface area contributed by atoms with E-state index < -0.39 is 17.5 Å². The summed E-state index contributed by atoms with van der Waals surface area (Å²) in [5.41, 5.74) is 0.0384. The average molecular weight is 252 g/mol. The van der Waals surface area contributed by atoms with Crippen LogP contribution in [0.25, 0.3) is 0 Å². The van der Waals surface area contributed by atoms with E-state index in [1.165, 1.54) is 14.2 Å². The minimum atomic E-state index is -1.71. The fourth-order valence-electron chi connectivity index (χ4n) is 2.49. The first-order valence-corrected chi connectivity index (χ1v) is 5.84. The molecule has 0 aromatic carbocycles. The fraction of sp³-hybridized carbons (Fsp3) is 0.538. The molecule has 0 spiro atoms. The highest BCUT2D eigenvalue weighted by Crippen LogP contribution is 2.39. The normalized spacial score (nSPS) is 21.2. The van der Waals surface area contributed by atoms with E-state index in [1.54, 1.807) is 0 Å². The Morgan fingerprint density at radius 3 is 2.39 bits per heavy atom. The molecule has 5 nitrogen and oxygen atoms in total. The topological polar surface area (TPSA) is 61.8 Å². The van der Waals surface area contributed by atoms with E-state index in [1.807, 2.05) is 12.2 Å². The van der Waals surface area contributed by atoms with Crippen molar-refractivity contribution in [3.05, 3.63) is 23.3 Å². The van der Waals surface area contributed by atoms with E-state index in [-0.39, 0.29) is 0 Å². The van der Waals surface area contributed by atoms with Crippen LogP contribution in [0.5, 0.6) is 0 Å². The number of hydrogen-bond donors (Lipinski definition) is 0. The van der Waals surface area contributed by atoms with E-state index in [0.717, 1.165) is 18.4 Å². The minimum absolute atomic E-state index is 0.316. The maximum atomic E-state index is 12.0. The quantitative estimate of drug-likeness (QED) is 0.419. The molecule has 0 saturated heterocycles. The molecular formula is C13H16O5. The van der Waals surface area contributed by atoms with Gasteiger partial charge in [0.05, 0.1) is 20.8 Å². The Morgan fingerprint density at radius 2 is 1.78 bits per heavy atom. The summed E-state index contributed by atoms with van der Waals surface area (Å²) in [6, 6.07) is 0. The molecule has 0 saturated carbocycles. The van der Waals surface area contributed by atoms with Crippen LogP contribution in [0.2, 0.25) is 0 Å². The van der Waals surface area contributed by atoms with Crippen molar-refractivity contribution in [1.29, 1.82) is 0 Å². The van der Waals surface area contributed by atoms with E-state index in [4.69, 9.17) is 14.2 Å². The zero-order valence-electron chi connectivity index (χ0n) is 10.5. The van der Waals surface area contributed by atoms with Gasteiger partial charge in [-0.25, -0.2) is 9.59 Å². The Balaban J connectivity index is 2.51. The second-order valence-electron chi connectivity index (χ2n) is 4.22. The van der Waals surface area contributed by atoms with E-state index >= 15 is 0 Å². The summed E-state index contributed by atoms with van der Waals surface area (Å²) in [5, 5.41) is 0. The van der Waals surface area contributed by atoms with Crippen LogP contribution in [0.3, 0.4) is 0 Å². The third-order valence-electron chi connectivity index (χ3n) is 3.37. The van der Waals surface area contributed by atoms with Crippen molar-refractivity contribution >= 4 is 11.9 Å².